The van der Waals surface area contributed by atoms with Crippen LogP contribution in [0.4, 0.5) is 8.78 Å². The van der Waals surface area contributed by atoms with Crippen molar-refractivity contribution in [3.05, 3.63) is 92.9 Å². The Labute approximate surface area is 200 Å². The number of aromatic amines is 1. The van der Waals surface area contributed by atoms with E-state index < -0.39 is 35.7 Å². The summed E-state index contributed by atoms with van der Waals surface area (Å²) in [7, 11) is 0. The number of carbonyl (C=O) groups is 1. The van der Waals surface area contributed by atoms with Gasteiger partial charge in [-0.2, -0.15) is 0 Å². The number of nitrogens with zero attached hydrogens (tertiary/aromatic N) is 2. The van der Waals surface area contributed by atoms with E-state index in [0.29, 0.717) is 5.69 Å². The summed E-state index contributed by atoms with van der Waals surface area (Å²) in [6.07, 6.45) is 0. The smallest absolute Gasteiger partial charge is 0.331 e. The zero-order valence-corrected chi connectivity index (χ0v) is 19.8. The average molecular weight is 481 g/mol. The molecule has 0 saturated carbocycles. The predicted molar refractivity (Wildman–Crippen MR) is 129 cm³/mol. The number of aliphatic hydroxyl groups excluding tert-OH is 1. The van der Waals surface area contributed by atoms with Crippen LogP contribution in [0, 0.1) is 26.6 Å². The largest absolute Gasteiger partial charge is 0.393 e. The van der Waals surface area contributed by atoms with E-state index in [1.54, 1.807) is 13.0 Å². The van der Waals surface area contributed by atoms with Crippen LogP contribution in [0.3, 0.4) is 0 Å². The second-order valence-corrected chi connectivity index (χ2v) is 8.92. The summed E-state index contributed by atoms with van der Waals surface area (Å²) in [5.41, 5.74) is 1.55. The number of aromatic nitrogens is 3. The minimum absolute atomic E-state index is 0.0615. The lowest BCUT2D eigenvalue weighted by atomic mass is 9.92. The van der Waals surface area contributed by atoms with Gasteiger partial charge in [-0.05, 0) is 68.1 Å². The predicted octanol–water partition coefficient (Wildman–Crippen LogP) is 3.95. The van der Waals surface area contributed by atoms with Crippen molar-refractivity contribution in [2.75, 3.05) is 6.61 Å². The van der Waals surface area contributed by atoms with E-state index in [-0.39, 0.29) is 22.6 Å². The summed E-state index contributed by atoms with van der Waals surface area (Å²) in [6.45, 7) is 5.79. The van der Waals surface area contributed by atoms with Crippen LogP contribution in [0.1, 0.15) is 45.8 Å². The molecule has 0 aliphatic heterocycles. The number of aliphatic hydroxyl groups is 1. The summed E-state index contributed by atoms with van der Waals surface area (Å²) in [6, 6.07) is 11.1. The van der Waals surface area contributed by atoms with Crippen molar-refractivity contribution < 1.29 is 18.7 Å². The van der Waals surface area contributed by atoms with Crippen LogP contribution in [0.25, 0.3) is 16.9 Å². The minimum Gasteiger partial charge on any atom is -0.393 e. The van der Waals surface area contributed by atoms with Crippen molar-refractivity contribution in [3.8, 4) is 11.3 Å². The van der Waals surface area contributed by atoms with Gasteiger partial charge in [-0.15, -0.1) is 0 Å². The Morgan fingerprint density at radius 3 is 2.46 bits per heavy atom. The molecule has 0 saturated heterocycles. The minimum atomic E-state index is -2.24. The first-order valence-corrected chi connectivity index (χ1v) is 11.1. The van der Waals surface area contributed by atoms with Crippen molar-refractivity contribution in [1.29, 1.82) is 0 Å². The van der Waals surface area contributed by atoms with Crippen LogP contribution in [-0.4, -0.2) is 37.7 Å². The number of nitrogens with one attached hydrogen (secondary N) is 2. The maximum absolute atomic E-state index is 15.2. The van der Waals surface area contributed by atoms with Crippen LogP contribution in [-0.2, 0) is 0 Å². The second kappa shape index (κ2) is 9.07. The quantitative estimate of drug-likeness (QED) is 0.389. The summed E-state index contributed by atoms with van der Waals surface area (Å²) >= 11 is 0. The number of rotatable bonds is 6. The molecule has 0 spiro atoms. The number of hydrogen-bond acceptors (Lipinski definition) is 4. The van der Waals surface area contributed by atoms with Gasteiger partial charge in [0.1, 0.15) is 17.2 Å². The molecule has 0 aliphatic carbocycles. The Morgan fingerprint density at radius 1 is 1.14 bits per heavy atom. The van der Waals surface area contributed by atoms with Gasteiger partial charge in [-0.1, -0.05) is 24.3 Å². The molecule has 3 N–H and O–H groups in total. The molecule has 2 atom stereocenters. The number of fused-ring (bicyclic) bond motifs is 1. The highest BCUT2D eigenvalue weighted by molar-refractivity contribution is 5.94. The molecule has 0 bridgehead atoms. The van der Waals surface area contributed by atoms with E-state index in [0.717, 1.165) is 35.7 Å². The number of hydrogen-bond donors (Lipinski definition) is 3. The Kier molecular flexibility index (Phi) is 6.29. The van der Waals surface area contributed by atoms with Crippen molar-refractivity contribution in [2.45, 2.75) is 39.4 Å². The van der Waals surface area contributed by atoms with E-state index in [2.05, 4.69) is 15.3 Å². The Balaban J connectivity index is 1.74. The molecule has 2 heterocycles. The lowest BCUT2D eigenvalue weighted by Gasteiger charge is -2.30. The summed E-state index contributed by atoms with van der Waals surface area (Å²) in [4.78, 5) is 33.2. The molecule has 7 nitrogen and oxygen atoms in total. The van der Waals surface area contributed by atoms with Crippen molar-refractivity contribution in [2.24, 2.45) is 0 Å². The van der Waals surface area contributed by atoms with E-state index in [1.165, 1.54) is 16.5 Å². The fourth-order valence-electron chi connectivity index (χ4n) is 4.02. The number of carbonyl (C=O) groups excluding carboxylic acids is 1. The molecule has 0 fully saturated rings. The normalized spacial score (nSPS) is 14.0. The molecule has 182 valence electrons. The third-order valence-corrected chi connectivity index (χ3v) is 6.27. The zero-order valence-electron chi connectivity index (χ0n) is 19.8. The van der Waals surface area contributed by atoms with Gasteiger partial charge in [0.25, 0.3) is 5.91 Å². The highest BCUT2D eigenvalue weighted by Gasteiger charge is 2.37. The van der Waals surface area contributed by atoms with Crippen LogP contribution >= 0.6 is 0 Å². The monoisotopic (exact) mass is 480 g/mol. The van der Waals surface area contributed by atoms with E-state index in [9.17, 15) is 19.1 Å². The topological polar surface area (TPSA) is 99.5 Å². The van der Waals surface area contributed by atoms with Crippen LogP contribution in [0.2, 0.25) is 0 Å². The van der Waals surface area contributed by atoms with Crippen LogP contribution in [0.5, 0.6) is 0 Å². The fourth-order valence-corrected chi connectivity index (χ4v) is 4.02. The molecule has 1 amide bonds. The summed E-state index contributed by atoms with van der Waals surface area (Å²) in [5.74, 6) is -1.25. The lowest BCUT2D eigenvalue weighted by molar-refractivity contribution is 0.0455. The number of alkyl halides is 1. The number of H-pyrrole nitrogens is 1. The Morgan fingerprint density at radius 2 is 1.83 bits per heavy atom. The van der Waals surface area contributed by atoms with Crippen molar-refractivity contribution in [3.63, 3.8) is 0 Å². The van der Waals surface area contributed by atoms with Crippen LogP contribution in [0.15, 0.2) is 53.3 Å². The molecule has 0 radical (unpaired) electrons. The molecule has 2 aromatic heterocycles. The van der Waals surface area contributed by atoms with Gasteiger partial charge in [0.2, 0.25) is 0 Å². The van der Waals surface area contributed by atoms with E-state index in [1.807, 2.05) is 32.0 Å². The summed E-state index contributed by atoms with van der Waals surface area (Å²) in [5, 5.41) is 12.1. The Hall–Kier alpha value is -3.85. The third-order valence-electron chi connectivity index (χ3n) is 6.27. The SMILES string of the molecule is Cc1ccc(-c2cc3nc(C(=O)N[C@@H](c4ccc(F)cc4)C(C)(F)CO)c(C)n3c(=O)[nH]2)cc1C. The highest BCUT2D eigenvalue weighted by Crippen LogP contribution is 2.30. The maximum Gasteiger partial charge on any atom is 0.331 e. The molecule has 1 unspecified atom stereocenters. The van der Waals surface area contributed by atoms with Crippen molar-refractivity contribution in [1.82, 2.24) is 19.7 Å². The number of halogens is 2. The van der Waals surface area contributed by atoms with Gasteiger partial charge in [0.15, 0.2) is 5.67 Å². The standard InChI is InChI=1S/C26H26F2N4O3/c1-14-5-6-18(11-15(14)2)20-12-21-30-22(16(3)32(21)25(35)29-20)24(34)31-23(26(4,28)13-33)17-7-9-19(27)10-8-17/h5-12,23,33H,13H2,1-4H3,(H,29,35)(H,31,34)/t23-,26?/m0/s1. The lowest BCUT2D eigenvalue weighted by Crippen LogP contribution is -2.44. The zero-order chi connectivity index (χ0) is 25.5. The van der Waals surface area contributed by atoms with Crippen LogP contribution < -0.4 is 11.0 Å². The fraction of sp³-hybridized carbons (Fsp3) is 0.269. The molecule has 2 aromatic carbocycles. The first kappa shape index (κ1) is 24.3. The summed E-state index contributed by atoms with van der Waals surface area (Å²) < 4.78 is 29.8. The second-order valence-electron chi connectivity index (χ2n) is 8.92. The first-order chi connectivity index (χ1) is 16.5. The maximum atomic E-state index is 15.2. The van der Waals surface area contributed by atoms with Gasteiger partial charge in [-0.3, -0.25) is 4.79 Å². The number of amides is 1. The molecular weight excluding hydrogens is 454 g/mol. The van der Waals surface area contributed by atoms with Crippen molar-refractivity contribution >= 4 is 11.6 Å². The van der Waals surface area contributed by atoms with E-state index >= 15 is 4.39 Å². The number of imidazole rings is 1. The molecule has 0 aliphatic rings. The number of benzene rings is 2. The first-order valence-electron chi connectivity index (χ1n) is 11.1. The van der Waals surface area contributed by atoms with Gasteiger partial charge in [0.05, 0.1) is 24.0 Å². The molecule has 4 aromatic rings. The van der Waals surface area contributed by atoms with Gasteiger partial charge in [-0.25, -0.2) is 23.0 Å². The van der Waals surface area contributed by atoms with Gasteiger partial charge < -0.3 is 15.4 Å². The molecule has 35 heavy (non-hydrogen) atoms. The average Bonchev–Trinajstić information content (AvgIpc) is 3.16. The Bertz CT molecular complexity index is 1470. The molecular formula is C26H26F2N4O3. The molecule has 4 rings (SSSR count). The third kappa shape index (κ3) is 4.59. The van der Waals surface area contributed by atoms with Gasteiger partial charge >= 0.3 is 5.69 Å². The molecule has 9 heteroatoms. The number of aryl methyl sites for hydroxylation is 3. The van der Waals surface area contributed by atoms with E-state index in [4.69, 9.17) is 0 Å². The van der Waals surface area contributed by atoms with Gasteiger partial charge in [0, 0.05) is 6.07 Å². The highest BCUT2D eigenvalue weighted by atomic mass is 19.1.